The maximum atomic E-state index is 11.1. The van der Waals surface area contributed by atoms with Crippen LogP contribution in [0, 0.1) is 0 Å². The summed E-state index contributed by atoms with van der Waals surface area (Å²) in [6.07, 6.45) is 0.964. The van der Waals surface area contributed by atoms with Crippen molar-refractivity contribution in [3.8, 4) is 0 Å². The van der Waals surface area contributed by atoms with Crippen LogP contribution in [0.5, 0.6) is 0 Å². The molecule has 0 spiro atoms. The Kier molecular flexibility index (Phi) is 6.04. The highest BCUT2D eigenvalue weighted by molar-refractivity contribution is 7.94. The average Bonchev–Trinajstić information content (AvgIpc) is 2.28. The fraction of sp³-hybridized carbons (Fsp3) is 0.273. The van der Waals surface area contributed by atoms with Crippen LogP contribution in [0.15, 0.2) is 30.3 Å². The number of hydrogen-bond acceptors (Lipinski definition) is 4. The first kappa shape index (κ1) is 12.2. The molecule has 0 saturated carbocycles. The van der Waals surface area contributed by atoms with Gasteiger partial charge in [-0.25, -0.2) is 0 Å². The van der Waals surface area contributed by atoms with Gasteiger partial charge in [-0.15, -0.1) is 0 Å². The van der Waals surface area contributed by atoms with Gasteiger partial charge in [-0.1, -0.05) is 42.5 Å². The third kappa shape index (κ3) is 5.54. The van der Waals surface area contributed by atoms with Crippen LogP contribution >= 0.6 is 24.3 Å². The third-order valence-corrected chi connectivity index (χ3v) is 2.68. The zero-order chi connectivity index (χ0) is 10.9. The van der Waals surface area contributed by atoms with Gasteiger partial charge in [-0.2, -0.15) is 0 Å². The second kappa shape index (κ2) is 7.43. The summed E-state index contributed by atoms with van der Waals surface area (Å²) >= 11 is 5.79. The quantitative estimate of drug-likeness (QED) is 0.563. The first-order valence-corrected chi connectivity index (χ1v) is 6.01. The van der Waals surface area contributed by atoms with E-state index in [0.29, 0.717) is 18.6 Å². The normalized spacial score (nSPS) is 9.60. The van der Waals surface area contributed by atoms with E-state index in [1.54, 1.807) is 5.37 Å². The molecule has 0 fully saturated rings. The molecular formula is C11H12O2S2. The van der Waals surface area contributed by atoms with Crippen LogP contribution in [-0.4, -0.2) is 11.3 Å². The van der Waals surface area contributed by atoms with Crippen molar-refractivity contribution >= 4 is 35.6 Å². The van der Waals surface area contributed by atoms with Gasteiger partial charge in [0.15, 0.2) is 0 Å². The highest BCUT2D eigenvalue weighted by Gasteiger charge is 2.02. The van der Waals surface area contributed by atoms with Crippen molar-refractivity contribution in [1.82, 2.24) is 0 Å². The van der Waals surface area contributed by atoms with Crippen molar-refractivity contribution in [3.63, 3.8) is 0 Å². The molecule has 15 heavy (non-hydrogen) atoms. The Morgan fingerprint density at radius 1 is 1.40 bits per heavy atom. The number of benzene rings is 1. The van der Waals surface area contributed by atoms with E-state index < -0.39 is 0 Å². The Hall–Kier alpha value is -0.870. The van der Waals surface area contributed by atoms with Gasteiger partial charge < -0.3 is 4.18 Å². The first-order chi connectivity index (χ1) is 7.33. The summed E-state index contributed by atoms with van der Waals surface area (Å²) in [6.45, 7) is 0. The molecule has 0 aliphatic heterocycles. The molecule has 0 aliphatic rings. The van der Waals surface area contributed by atoms with Crippen LogP contribution < -0.4 is 0 Å². The molecule has 0 N–H and O–H groups in total. The van der Waals surface area contributed by atoms with Crippen molar-refractivity contribution in [2.75, 3.05) is 0 Å². The number of thiocarbonyl (C=S) groups is 1. The molecule has 0 aliphatic carbocycles. The molecule has 0 bridgehead atoms. The molecular weight excluding hydrogens is 228 g/mol. The second-order valence-corrected chi connectivity index (χ2v) is 3.93. The summed E-state index contributed by atoms with van der Waals surface area (Å²) in [7, 11) is 0. The van der Waals surface area contributed by atoms with Crippen LogP contribution in [0.4, 0.5) is 0 Å². The topological polar surface area (TPSA) is 26.3 Å². The fourth-order valence-corrected chi connectivity index (χ4v) is 1.68. The lowest BCUT2D eigenvalue weighted by Crippen LogP contribution is -1.98. The lowest BCUT2D eigenvalue weighted by Gasteiger charge is -2.01. The number of hydrogen-bond donors (Lipinski definition) is 0. The zero-order valence-corrected chi connectivity index (χ0v) is 9.85. The van der Waals surface area contributed by atoms with Crippen LogP contribution in [0.3, 0.4) is 0 Å². The first-order valence-electron chi connectivity index (χ1n) is 4.63. The van der Waals surface area contributed by atoms with E-state index in [4.69, 9.17) is 4.18 Å². The predicted octanol–water partition coefficient (Wildman–Crippen LogP) is 3.16. The van der Waals surface area contributed by atoms with Crippen LogP contribution in [0.25, 0.3) is 0 Å². The molecule has 80 valence electrons. The third-order valence-electron chi connectivity index (χ3n) is 1.69. The lowest BCUT2D eigenvalue weighted by molar-refractivity contribution is -0.132. The van der Waals surface area contributed by atoms with Crippen molar-refractivity contribution in [2.45, 2.75) is 18.6 Å². The van der Waals surface area contributed by atoms with E-state index >= 15 is 0 Å². The standard InChI is InChI=1S/C11H12O2S2/c12-11(7-4-8-14)13-15-9-10-5-2-1-3-6-10/h1-3,5-6,8H,4,7,9H2. The number of carbonyl (C=O) groups excluding carboxylic acids is 1. The molecule has 2 nitrogen and oxygen atoms in total. The van der Waals surface area contributed by atoms with E-state index in [0.717, 1.165) is 5.56 Å². The van der Waals surface area contributed by atoms with Crippen molar-refractivity contribution in [2.24, 2.45) is 0 Å². The van der Waals surface area contributed by atoms with Gasteiger partial charge in [0.1, 0.15) is 0 Å². The molecule has 0 aromatic heterocycles. The number of carbonyl (C=O) groups is 1. The molecule has 1 aromatic rings. The predicted molar refractivity (Wildman–Crippen MR) is 66.7 cm³/mol. The van der Waals surface area contributed by atoms with Gasteiger partial charge in [-0.3, -0.25) is 4.79 Å². The van der Waals surface area contributed by atoms with Crippen LogP contribution in [0.2, 0.25) is 0 Å². The maximum absolute atomic E-state index is 11.1. The van der Waals surface area contributed by atoms with Crippen LogP contribution in [-0.2, 0) is 14.7 Å². The van der Waals surface area contributed by atoms with Gasteiger partial charge >= 0.3 is 5.97 Å². The highest BCUT2D eigenvalue weighted by atomic mass is 32.2. The molecule has 0 unspecified atom stereocenters. The summed E-state index contributed by atoms with van der Waals surface area (Å²) in [5.41, 5.74) is 1.14. The van der Waals surface area contributed by atoms with Gasteiger partial charge in [0.05, 0.1) is 24.2 Å². The zero-order valence-electron chi connectivity index (χ0n) is 8.22. The number of rotatable bonds is 6. The summed E-state index contributed by atoms with van der Waals surface area (Å²) in [4.78, 5) is 11.1. The Labute approximate surface area is 99.2 Å². The molecule has 0 saturated heterocycles. The van der Waals surface area contributed by atoms with E-state index in [1.165, 1.54) is 12.0 Å². The molecule has 0 radical (unpaired) electrons. The minimum Gasteiger partial charge on any atom is -0.391 e. The van der Waals surface area contributed by atoms with Crippen molar-refractivity contribution < 1.29 is 8.98 Å². The molecule has 1 rings (SSSR count). The fourth-order valence-electron chi connectivity index (χ4n) is 0.956. The molecule has 4 heteroatoms. The van der Waals surface area contributed by atoms with Gasteiger partial charge in [0.25, 0.3) is 0 Å². The van der Waals surface area contributed by atoms with Crippen LogP contribution in [0.1, 0.15) is 18.4 Å². The van der Waals surface area contributed by atoms with Gasteiger partial charge in [0, 0.05) is 0 Å². The summed E-state index contributed by atoms with van der Waals surface area (Å²) < 4.78 is 4.96. The average molecular weight is 240 g/mol. The lowest BCUT2D eigenvalue weighted by atomic mass is 10.2. The smallest absolute Gasteiger partial charge is 0.318 e. The Morgan fingerprint density at radius 3 is 2.80 bits per heavy atom. The van der Waals surface area contributed by atoms with Gasteiger partial charge in [-0.05, 0) is 17.4 Å². The SMILES string of the molecule is O=C(CCC=S)OSCc1ccccc1. The molecule has 0 atom stereocenters. The van der Waals surface area contributed by atoms with Gasteiger partial charge in [0.2, 0.25) is 0 Å². The Balaban J connectivity index is 2.16. The van der Waals surface area contributed by atoms with Crippen molar-refractivity contribution in [3.05, 3.63) is 35.9 Å². The molecule has 0 amide bonds. The minimum atomic E-state index is -0.211. The molecule has 0 heterocycles. The van der Waals surface area contributed by atoms with E-state index in [1.807, 2.05) is 30.3 Å². The molecule has 1 aromatic carbocycles. The largest absolute Gasteiger partial charge is 0.391 e. The van der Waals surface area contributed by atoms with E-state index in [-0.39, 0.29) is 5.97 Å². The summed E-state index contributed by atoms with van der Waals surface area (Å²) in [5.74, 6) is 0.474. The van der Waals surface area contributed by atoms with E-state index in [2.05, 4.69) is 12.2 Å². The summed E-state index contributed by atoms with van der Waals surface area (Å²) in [5, 5.41) is 1.54. The summed E-state index contributed by atoms with van der Waals surface area (Å²) in [6, 6.07) is 9.88. The monoisotopic (exact) mass is 240 g/mol. The maximum Gasteiger partial charge on any atom is 0.318 e. The minimum absolute atomic E-state index is 0.211. The Bertz CT molecular complexity index is 312. The Morgan fingerprint density at radius 2 is 2.13 bits per heavy atom. The van der Waals surface area contributed by atoms with E-state index in [9.17, 15) is 4.79 Å². The van der Waals surface area contributed by atoms with Crippen molar-refractivity contribution in [1.29, 1.82) is 0 Å². The highest BCUT2D eigenvalue weighted by Crippen LogP contribution is 2.13. The second-order valence-electron chi connectivity index (χ2n) is 2.91.